The quantitative estimate of drug-likeness (QED) is 0.233. The first-order chi connectivity index (χ1) is 11.0. The topological polar surface area (TPSA) is 79.0 Å². The lowest BCUT2D eigenvalue weighted by molar-refractivity contribution is 0.0428. The number of hydrogen-bond donors (Lipinski definition) is 3. The Labute approximate surface area is 161 Å². The Bertz CT molecular complexity index is 513. The molecule has 1 aromatic heterocycles. The van der Waals surface area contributed by atoms with Gasteiger partial charge in [-0.3, -0.25) is 0 Å². The highest BCUT2D eigenvalue weighted by Gasteiger charge is 2.26. The maximum atomic E-state index is 10.5. The first kappa shape index (κ1) is 21.2. The molecule has 1 atom stereocenters. The van der Waals surface area contributed by atoms with Crippen molar-refractivity contribution >= 4 is 29.9 Å². The number of nitrogens with one attached hydrogen (secondary N) is 2. The van der Waals surface area contributed by atoms with Crippen molar-refractivity contribution in [1.29, 1.82) is 0 Å². The summed E-state index contributed by atoms with van der Waals surface area (Å²) in [6, 6.07) is 3.63. The molecule has 0 bridgehead atoms. The summed E-state index contributed by atoms with van der Waals surface area (Å²) in [6.45, 7) is 8.77. The molecule has 2 rings (SSSR count). The number of guanidine groups is 1. The Morgan fingerprint density at radius 2 is 2.17 bits per heavy atom. The van der Waals surface area contributed by atoms with Gasteiger partial charge < -0.3 is 24.9 Å². The highest BCUT2D eigenvalue weighted by molar-refractivity contribution is 14.0. The summed E-state index contributed by atoms with van der Waals surface area (Å²) in [5.41, 5.74) is -1.13. The molecule has 0 aromatic carbocycles. The predicted octanol–water partition coefficient (Wildman–Crippen LogP) is 2.40. The van der Waals surface area contributed by atoms with Crippen LogP contribution in [-0.2, 0) is 10.3 Å². The van der Waals surface area contributed by atoms with Crippen molar-refractivity contribution in [3.63, 3.8) is 0 Å². The smallest absolute Gasteiger partial charge is 0.191 e. The van der Waals surface area contributed by atoms with E-state index in [-0.39, 0.29) is 30.5 Å². The number of hydrogen-bond acceptors (Lipinski definition) is 4. The second-order valence-corrected chi connectivity index (χ2v) is 6.32. The molecule has 1 saturated carbocycles. The number of rotatable bonds is 9. The Morgan fingerprint density at radius 3 is 2.75 bits per heavy atom. The van der Waals surface area contributed by atoms with Crippen LogP contribution in [0.25, 0.3) is 0 Å². The van der Waals surface area contributed by atoms with Crippen molar-refractivity contribution in [2.24, 2.45) is 10.9 Å². The normalized spacial score (nSPS) is 17.1. The summed E-state index contributed by atoms with van der Waals surface area (Å²) in [5, 5.41) is 16.9. The van der Waals surface area contributed by atoms with Crippen molar-refractivity contribution in [3.05, 3.63) is 23.7 Å². The third-order valence-electron chi connectivity index (χ3n) is 3.75. The number of aryl methyl sites for hydroxylation is 1. The van der Waals surface area contributed by atoms with Gasteiger partial charge in [-0.2, -0.15) is 0 Å². The highest BCUT2D eigenvalue weighted by atomic mass is 127. The van der Waals surface area contributed by atoms with Gasteiger partial charge >= 0.3 is 0 Å². The summed E-state index contributed by atoms with van der Waals surface area (Å²) in [5.74, 6) is 2.76. The maximum Gasteiger partial charge on any atom is 0.191 e. The minimum Gasteiger partial charge on any atom is -0.463 e. The monoisotopic (exact) mass is 451 g/mol. The van der Waals surface area contributed by atoms with Crippen LogP contribution in [0.1, 0.15) is 38.2 Å². The second kappa shape index (κ2) is 10.2. The van der Waals surface area contributed by atoms with Crippen LogP contribution in [0.3, 0.4) is 0 Å². The molecule has 1 unspecified atom stereocenters. The molecule has 1 fully saturated rings. The van der Waals surface area contributed by atoms with Gasteiger partial charge in [-0.25, -0.2) is 4.99 Å². The van der Waals surface area contributed by atoms with Gasteiger partial charge in [0.05, 0.1) is 13.2 Å². The van der Waals surface area contributed by atoms with Crippen molar-refractivity contribution in [3.8, 4) is 0 Å². The highest BCUT2D eigenvalue weighted by Crippen LogP contribution is 2.28. The molecule has 0 radical (unpaired) electrons. The first-order valence-corrected chi connectivity index (χ1v) is 8.40. The average molecular weight is 451 g/mol. The molecule has 3 N–H and O–H groups in total. The summed E-state index contributed by atoms with van der Waals surface area (Å²) in [4.78, 5) is 4.44. The van der Waals surface area contributed by atoms with E-state index in [4.69, 9.17) is 9.15 Å². The second-order valence-electron chi connectivity index (χ2n) is 6.32. The lowest BCUT2D eigenvalue weighted by atomic mass is 10.0. The number of aliphatic hydroxyl groups is 1. The first-order valence-electron chi connectivity index (χ1n) is 8.40. The van der Waals surface area contributed by atoms with Gasteiger partial charge in [0, 0.05) is 19.7 Å². The Balaban J connectivity index is 0.00000288. The van der Waals surface area contributed by atoms with Crippen LogP contribution in [0.5, 0.6) is 0 Å². The van der Waals surface area contributed by atoms with E-state index in [1.54, 1.807) is 13.0 Å². The van der Waals surface area contributed by atoms with Crippen molar-refractivity contribution in [2.75, 3.05) is 32.8 Å². The molecule has 1 aliphatic rings. The van der Waals surface area contributed by atoms with Crippen LogP contribution in [0.2, 0.25) is 0 Å². The van der Waals surface area contributed by atoms with E-state index in [9.17, 15) is 5.11 Å². The Kier molecular flexibility index (Phi) is 9.07. The summed E-state index contributed by atoms with van der Waals surface area (Å²) >= 11 is 0. The lowest BCUT2D eigenvalue weighted by Gasteiger charge is -2.19. The fourth-order valence-corrected chi connectivity index (χ4v) is 2.15. The largest absolute Gasteiger partial charge is 0.463 e. The van der Waals surface area contributed by atoms with E-state index >= 15 is 0 Å². The fraction of sp³-hybridized carbons (Fsp3) is 0.706. The minimum atomic E-state index is -1.13. The fourth-order valence-electron chi connectivity index (χ4n) is 2.15. The molecular formula is C17H30IN3O3. The van der Waals surface area contributed by atoms with Gasteiger partial charge in [0.15, 0.2) is 5.96 Å². The van der Waals surface area contributed by atoms with Crippen LogP contribution >= 0.6 is 24.0 Å². The molecule has 1 aromatic rings. The van der Waals surface area contributed by atoms with Crippen LogP contribution in [0.15, 0.2) is 21.5 Å². The molecule has 6 nitrogen and oxygen atoms in total. The van der Waals surface area contributed by atoms with Crippen LogP contribution < -0.4 is 10.6 Å². The number of furan rings is 1. The van der Waals surface area contributed by atoms with Gasteiger partial charge in [0.1, 0.15) is 17.1 Å². The van der Waals surface area contributed by atoms with Crippen LogP contribution in [0, 0.1) is 12.8 Å². The minimum absolute atomic E-state index is 0. The molecular weight excluding hydrogens is 421 g/mol. The molecule has 0 spiro atoms. The standard InChI is InChI=1S/C17H29N3O3.HI/c1-4-18-16(19-9-10-22-11-14-6-7-14)20-12-17(3,21)15-8-5-13(2)23-15;/h5,8,14,21H,4,6-7,9-12H2,1-3H3,(H2,18,19,20);1H. The van der Waals surface area contributed by atoms with Gasteiger partial charge in [-0.1, -0.05) is 0 Å². The zero-order valence-electron chi connectivity index (χ0n) is 14.8. The summed E-state index contributed by atoms with van der Waals surface area (Å²) in [6.07, 6.45) is 2.61. The molecule has 1 aliphatic carbocycles. The van der Waals surface area contributed by atoms with Crippen molar-refractivity contribution in [1.82, 2.24) is 10.6 Å². The Hall–Kier alpha value is -0.800. The zero-order chi connectivity index (χ0) is 16.7. The Morgan fingerprint density at radius 1 is 1.42 bits per heavy atom. The maximum absolute atomic E-state index is 10.5. The number of ether oxygens (including phenoxy) is 1. The molecule has 0 amide bonds. The van der Waals surface area contributed by atoms with Crippen molar-refractivity contribution in [2.45, 2.75) is 39.2 Å². The van der Waals surface area contributed by atoms with E-state index in [2.05, 4.69) is 15.6 Å². The van der Waals surface area contributed by atoms with Gasteiger partial charge in [-0.05, 0) is 51.7 Å². The molecule has 1 heterocycles. The lowest BCUT2D eigenvalue weighted by Crippen LogP contribution is -2.40. The van der Waals surface area contributed by atoms with Gasteiger partial charge in [0.25, 0.3) is 0 Å². The van der Waals surface area contributed by atoms with E-state index in [1.807, 2.05) is 19.9 Å². The SMILES string of the molecule is CCNC(=NCC(C)(O)c1ccc(C)o1)NCCOCC1CC1.I. The molecule has 138 valence electrons. The van der Waals surface area contributed by atoms with E-state index in [0.717, 1.165) is 24.8 Å². The molecule has 0 aliphatic heterocycles. The van der Waals surface area contributed by atoms with E-state index in [0.29, 0.717) is 24.9 Å². The predicted molar refractivity (Wildman–Crippen MR) is 106 cm³/mol. The average Bonchev–Trinajstić information content (AvgIpc) is 3.23. The number of aliphatic imine (C=N–C) groups is 1. The summed E-state index contributed by atoms with van der Waals surface area (Å²) < 4.78 is 11.1. The number of halogens is 1. The molecule has 0 saturated heterocycles. The third kappa shape index (κ3) is 7.40. The summed E-state index contributed by atoms with van der Waals surface area (Å²) in [7, 11) is 0. The third-order valence-corrected chi connectivity index (χ3v) is 3.75. The molecule has 24 heavy (non-hydrogen) atoms. The van der Waals surface area contributed by atoms with Gasteiger partial charge in [-0.15, -0.1) is 24.0 Å². The number of nitrogens with zero attached hydrogens (tertiary/aromatic N) is 1. The van der Waals surface area contributed by atoms with E-state index < -0.39 is 5.60 Å². The zero-order valence-corrected chi connectivity index (χ0v) is 17.1. The van der Waals surface area contributed by atoms with Crippen LogP contribution in [0.4, 0.5) is 0 Å². The van der Waals surface area contributed by atoms with Gasteiger partial charge in [0.2, 0.25) is 0 Å². The van der Waals surface area contributed by atoms with Crippen molar-refractivity contribution < 1.29 is 14.3 Å². The van der Waals surface area contributed by atoms with Crippen LogP contribution in [-0.4, -0.2) is 43.9 Å². The molecule has 7 heteroatoms. The van der Waals surface area contributed by atoms with E-state index in [1.165, 1.54) is 12.8 Å².